The number of pyridine rings is 1. The van der Waals surface area contributed by atoms with Gasteiger partial charge in [-0.05, 0) is 19.1 Å². The number of H-pyrrole nitrogens is 1. The van der Waals surface area contributed by atoms with Crippen molar-refractivity contribution in [3.05, 3.63) is 35.8 Å². The molecule has 68 valence electrons. The predicted molar refractivity (Wildman–Crippen MR) is 51.3 cm³/mol. The van der Waals surface area contributed by atoms with E-state index in [2.05, 4.69) is 15.0 Å². The van der Waals surface area contributed by atoms with Gasteiger partial charge in [0.1, 0.15) is 11.8 Å². The molecule has 2 heterocycles. The molecule has 0 bridgehead atoms. The number of rotatable bonds is 1. The second kappa shape index (κ2) is 3.30. The second-order valence-electron chi connectivity index (χ2n) is 2.89. The van der Waals surface area contributed by atoms with Crippen molar-refractivity contribution in [1.82, 2.24) is 15.0 Å². The molecule has 0 unspecified atom stereocenters. The molecule has 14 heavy (non-hydrogen) atoms. The van der Waals surface area contributed by atoms with Gasteiger partial charge in [0.25, 0.3) is 0 Å². The van der Waals surface area contributed by atoms with E-state index in [1.54, 1.807) is 6.20 Å². The van der Waals surface area contributed by atoms with E-state index in [9.17, 15) is 0 Å². The van der Waals surface area contributed by atoms with E-state index in [4.69, 9.17) is 5.26 Å². The molecular formula is C10H8N4. The van der Waals surface area contributed by atoms with Gasteiger partial charge < -0.3 is 4.98 Å². The Kier molecular flexibility index (Phi) is 1.99. The van der Waals surface area contributed by atoms with Crippen LogP contribution in [0.3, 0.4) is 0 Å². The summed E-state index contributed by atoms with van der Waals surface area (Å²) in [5.41, 5.74) is 1.94. The summed E-state index contributed by atoms with van der Waals surface area (Å²) in [5.74, 6) is 0.639. The summed E-state index contributed by atoms with van der Waals surface area (Å²) in [6.45, 7) is 1.82. The third-order valence-electron chi connectivity index (χ3n) is 1.90. The number of aromatic amines is 1. The van der Waals surface area contributed by atoms with Gasteiger partial charge in [0, 0.05) is 6.20 Å². The van der Waals surface area contributed by atoms with Crippen molar-refractivity contribution in [3.63, 3.8) is 0 Å². The molecular weight excluding hydrogens is 176 g/mol. The maximum absolute atomic E-state index is 8.73. The van der Waals surface area contributed by atoms with Crippen molar-refractivity contribution >= 4 is 0 Å². The molecule has 0 fully saturated rings. The lowest BCUT2D eigenvalue weighted by atomic mass is 10.3. The largest absolute Gasteiger partial charge is 0.340 e. The molecule has 0 aliphatic rings. The van der Waals surface area contributed by atoms with E-state index < -0.39 is 0 Å². The molecule has 0 aliphatic heterocycles. The number of imidazole rings is 1. The molecule has 2 rings (SSSR count). The van der Waals surface area contributed by atoms with Gasteiger partial charge in [-0.1, -0.05) is 6.07 Å². The van der Waals surface area contributed by atoms with E-state index in [0.717, 1.165) is 11.4 Å². The zero-order valence-electron chi connectivity index (χ0n) is 7.65. The highest BCUT2D eigenvalue weighted by molar-refractivity contribution is 5.51. The van der Waals surface area contributed by atoms with E-state index >= 15 is 0 Å². The average molecular weight is 184 g/mol. The number of hydrogen-bond donors (Lipinski definition) is 1. The lowest BCUT2D eigenvalue weighted by Crippen LogP contribution is -1.83. The topological polar surface area (TPSA) is 65.4 Å². The Morgan fingerprint density at radius 3 is 2.86 bits per heavy atom. The van der Waals surface area contributed by atoms with Crippen LogP contribution in [0.4, 0.5) is 0 Å². The lowest BCUT2D eigenvalue weighted by molar-refractivity contribution is 1.20. The molecule has 4 heteroatoms. The van der Waals surface area contributed by atoms with Crippen molar-refractivity contribution in [3.8, 4) is 17.6 Å². The molecule has 0 saturated heterocycles. The summed E-state index contributed by atoms with van der Waals surface area (Å²) in [4.78, 5) is 11.3. The van der Waals surface area contributed by atoms with Crippen LogP contribution in [-0.4, -0.2) is 15.0 Å². The van der Waals surface area contributed by atoms with Crippen molar-refractivity contribution in [2.75, 3.05) is 0 Å². The number of nitriles is 1. The molecule has 0 saturated carbocycles. The number of nitrogens with one attached hydrogen (secondary N) is 1. The third-order valence-corrected chi connectivity index (χ3v) is 1.90. The molecule has 0 atom stereocenters. The summed E-state index contributed by atoms with van der Waals surface area (Å²) in [7, 11) is 0. The SMILES string of the molecule is Cc1[nH]c(-c2ccccn2)nc1C#N. The van der Waals surface area contributed by atoms with Crippen LogP contribution >= 0.6 is 0 Å². The predicted octanol–water partition coefficient (Wildman–Crippen LogP) is 1.65. The second-order valence-corrected chi connectivity index (χ2v) is 2.89. The first-order valence-corrected chi connectivity index (χ1v) is 4.19. The molecule has 2 aromatic heterocycles. The van der Waals surface area contributed by atoms with E-state index in [-0.39, 0.29) is 0 Å². The van der Waals surface area contributed by atoms with Crippen molar-refractivity contribution in [2.24, 2.45) is 0 Å². The van der Waals surface area contributed by atoms with Crippen LogP contribution in [0.15, 0.2) is 24.4 Å². The first-order valence-electron chi connectivity index (χ1n) is 4.19. The minimum atomic E-state index is 0.422. The Hall–Kier alpha value is -2.15. The number of aromatic nitrogens is 3. The van der Waals surface area contributed by atoms with Crippen LogP contribution < -0.4 is 0 Å². The monoisotopic (exact) mass is 184 g/mol. The molecule has 1 N–H and O–H groups in total. The van der Waals surface area contributed by atoms with Crippen molar-refractivity contribution < 1.29 is 0 Å². The van der Waals surface area contributed by atoms with Gasteiger partial charge in [-0.3, -0.25) is 4.98 Å². The van der Waals surface area contributed by atoms with E-state index in [0.29, 0.717) is 11.5 Å². The van der Waals surface area contributed by atoms with Crippen molar-refractivity contribution in [1.29, 1.82) is 5.26 Å². The van der Waals surface area contributed by atoms with E-state index in [1.165, 1.54) is 0 Å². The zero-order chi connectivity index (χ0) is 9.97. The number of hydrogen-bond acceptors (Lipinski definition) is 3. The minimum Gasteiger partial charge on any atom is -0.340 e. The Balaban J connectivity index is 2.50. The van der Waals surface area contributed by atoms with Gasteiger partial charge in [-0.2, -0.15) is 5.26 Å². The maximum atomic E-state index is 8.73. The van der Waals surface area contributed by atoms with Crippen LogP contribution in [0, 0.1) is 18.3 Å². The van der Waals surface area contributed by atoms with Crippen LogP contribution in [0.25, 0.3) is 11.5 Å². The Bertz CT molecular complexity index is 479. The normalized spacial score (nSPS) is 9.71. The minimum absolute atomic E-state index is 0.422. The van der Waals surface area contributed by atoms with Crippen LogP contribution in [0.2, 0.25) is 0 Å². The molecule has 0 radical (unpaired) electrons. The highest BCUT2D eigenvalue weighted by Crippen LogP contribution is 2.14. The third kappa shape index (κ3) is 1.36. The molecule has 4 nitrogen and oxygen atoms in total. The summed E-state index contributed by atoms with van der Waals surface area (Å²) in [6, 6.07) is 7.58. The number of aryl methyl sites for hydroxylation is 1. The van der Waals surface area contributed by atoms with Gasteiger partial charge in [0.05, 0.1) is 5.69 Å². The lowest BCUT2D eigenvalue weighted by Gasteiger charge is -1.92. The first kappa shape index (κ1) is 8.45. The molecule has 0 amide bonds. The fraction of sp³-hybridized carbons (Fsp3) is 0.100. The number of nitrogens with zero attached hydrogens (tertiary/aromatic N) is 3. The van der Waals surface area contributed by atoms with Crippen LogP contribution in [0.1, 0.15) is 11.4 Å². The summed E-state index contributed by atoms with van der Waals surface area (Å²) in [6.07, 6.45) is 1.69. The Morgan fingerprint density at radius 1 is 1.43 bits per heavy atom. The highest BCUT2D eigenvalue weighted by Gasteiger charge is 2.07. The fourth-order valence-corrected chi connectivity index (χ4v) is 1.19. The quantitative estimate of drug-likeness (QED) is 0.732. The van der Waals surface area contributed by atoms with Gasteiger partial charge in [-0.25, -0.2) is 4.98 Å². The van der Waals surface area contributed by atoms with Gasteiger partial charge >= 0.3 is 0 Å². The van der Waals surface area contributed by atoms with Crippen LogP contribution in [-0.2, 0) is 0 Å². The molecule has 0 spiro atoms. The summed E-state index contributed by atoms with van der Waals surface area (Å²) < 4.78 is 0. The van der Waals surface area contributed by atoms with Crippen molar-refractivity contribution in [2.45, 2.75) is 6.92 Å². The van der Waals surface area contributed by atoms with Gasteiger partial charge in [0.15, 0.2) is 11.5 Å². The van der Waals surface area contributed by atoms with Crippen LogP contribution in [0.5, 0.6) is 0 Å². The van der Waals surface area contributed by atoms with E-state index in [1.807, 2.05) is 31.2 Å². The zero-order valence-corrected chi connectivity index (χ0v) is 7.65. The van der Waals surface area contributed by atoms with Gasteiger partial charge in [-0.15, -0.1) is 0 Å². The summed E-state index contributed by atoms with van der Waals surface area (Å²) in [5, 5.41) is 8.73. The smallest absolute Gasteiger partial charge is 0.161 e. The standard InChI is InChI=1S/C10H8N4/c1-7-9(6-11)14-10(13-7)8-4-2-3-5-12-8/h2-5H,1H3,(H,13,14). The molecule has 0 aliphatic carbocycles. The fourth-order valence-electron chi connectivity index (χ4n) is 1.19. The summed E-state index contributed by atoms with van der Waals surface area (Å²) >= 11 is 0. The first-order chi connectivity index (χ1) is 6.81. The Morgan fingerprint density at radius 2 is 2.29 bits per heavy atom. The average Bonchev–Trinajstić information content (AvgIpc) is 2.61. The maximum Gasteiger partial charge on any atom is 0.161 e. The van der Waals surface area contributed by atoms with Gasteiger partial charge in [0.2, 0.25) is 0 Å². The molecule has 2 aromatic rings. The molecule has 0 aromatic carbocycles. The Labute approximate surface area is 81.3 Å². The highest BCUT2D eigenvalue weighted by atomic mass is 15.0.